The van der Waals surface area contributed by atoms with Crippen LogP contribution in [0.3, 0.4) is 0 Å². The fourth-order valence-corrected chi connectivity index (χ4v) is 1.59. The Bertz CT molecular complexity index is 361. The third kappa shape index (κ3) is 5.00. The number of nitrogens with one attached hydrogen (secondary N) is 1. The number of aliphatic hydroxyl groups is 1. The summed E-state index contributed by atoms with van der Waals surface area (Å²) in [6.07, 6.45) is 1.48. The third-order valence-corrected chi connectivity index (χ3v) is 2.71. The van der Waals surface area contributed by atoms with E-state index in [9.17, 15) is 4.79 Å². The van der Waals surface area contributed by atoms with E-state index in [4.69, 9.17) is 5.11 Å². The van der Waals surface area contributed by atoms with Crippen molar-refractivity contribution in [2.24, 2.45) is 5.92 Å². The van der Waals surface area contributed by atoms with Crippen LogP contribution in [0.15, 0.2) is 24.3 Å². The number of carbonyl (C=O) groups is 1. The van der Waals surface area contributed by atoms with Crippen molar-refractivity contribution in [3.63, 3.8) is 0 Å². The van der Waals surface area contributed by atoms with Crippen molar-refractivity contribution in [2.45, 2.75) is 39.8 Å². The maximum absolute atomic E-state index is 11.5. The first-order valence-electron chi connectivity index (χ1n) is 6.07. The van der Waals surface area contributed by atoms with E-state index < -0.39 is 0 Å². The molecule has 3 nitrogen and oxygen atoms in total. The summed E-state index contributed by atoms with van der Waals surface area (Å²) in [7, 11) is 0. The number of benzene rings is 1. The summed E-state index contributed by atoms with van der Waals surface area (Å²) >= 11 is 0. The summed E-state index contributed by atoms with van der Waals surface area (Å²) in [5, 5.41) is 12.0. The highest BCUT2D eigenvalue weighted by atomic mass is 16.3. The van der Waals surface area contributed by atoms with Crippen LogP contribution in [0.5, 0.6) is 0 Å². The SMILES string of the molecule is CC(C)CCC(=O)NCc1ccccc1CO. The molecule has 0 aliphatic heterocycles. The smallest absolute Gasteiger partial charge is 0.220 e. The van der Waals surface area contributed by atoms with Crippen LogP contribution in [0.2, 0.25) is 0 Å². The monoisotopic (exact) mass is 235 g/mol. The van der Waals surface area contributed by atoms with Crippen molar-refractivity contribution >= 4 is 5.91 Å². The molecule has 0 bridgehead atoms. The fraction of sp³-hybridized carbons (Fsp3) is 0.500. The first-order valence-corrected chi connectivity index (χ1v) is 6.07. The van der Waals surface area contributed by atoms with Gasteiger partial charge in [-0.25, -0.2) is 0 Å². The number of carbonyl (C=O) groups excluding carboxylic acids is 1. The van der Waals surface area contributed by atoms with E-state index in [1.54, 1.807) is 0 Å². The van der Waals surface area contributed by atoms with Gasteiger partial charge in [0.2, 0.25) is 5.91 Å². The van der Waals surface area contributed by atoms with Gasteiger partial charge in [0.1, 0.15) is 0 Å². The Hall–Kier alpha value is -1.35. The van der Waals surface area contributed by atoms with Gasteiger partial charge in [-0.3, -0.25) is 4.79 Å². The Balaban J connectivity index is 2.42. The second-order valence-electron chi connectivity index (χ2n) is 4.64. The third-order valence-electron chi connectivity index (χ3n) is 2.71. The lowest BCUT2D eigenvalue weighted by atomic mass is 10.1. The van der Waals surface area contributed by atoms with E-state index >= 15 is 0 Å². The molecule has 0 saturated heterocycles. The molecule has 1 rings (SSSR count). The van der Waals surface area contributed by atoms with E-state index in [2.05, 4.69) is 19.2 Å². The van der Waals surface area contributed by atoms with E-state index in [0.717, 1.165) is 17.5 Å². The minimum absolute atomic E-state index is 0.0119. The van der Waals surface area contributed by atoms with Crippen LogP contribution < -0.4 is 5.32 Å². The van der Waals surface area contributed by atoms with Gasteiger partial charge in [0, 0.05) is 13.0 Å². The highest BCUT2D eigenvalue weighted by molar-refractivity contribution is 5.75. The van der Waals surface area contributed by atoms with Crippen LogP contribution in [0.4, 0.5) is 0 Å². The molecule has 3 heteroatoms. The molecule has 0 unspecified atom stereocenters. The zero-order valence-electron chi connectivity index (χ0n) is 10.6. The molecule has 94 valence electrons. The Labute approximate surface area is 103 Å². The van der Waals surface area contributed by atoms with Crippen LogP contribution in [-0.4, -0.2) is 11.0 Å². The van der Waals surface area contributed by atoms with Crippen molar-refractivity contribution in [2.75, 3.05) is 0 Å². The van der Waals surface area contributed by atoms with Crippen LogP contribution in [-0.2, 0) is 17.9 Å². The molecule has 0 heterocycles. The quantitative estimate of drug-likeness (QED) is 0.794. The zero-order valence-corrected chi connectivity index (χ0v) is 10.6. The van der Waals surface area contributed by atoms with E-state index in [1.807, 2.05) is 24.3 Å². The standard InChI is InChI=1S/C14H21NO2/c1-11(2)7-8-14(17)15-9-12-5-3-4-6-13(12)10-16/h3-6,11,16H,7-10H2,1-2H3,(H,15,17). The second kappa shape index (κ2) is 7.07. The van der Waals surface area contributed by atoms with Crippen LogP contribution >= 0.6 is 0 Å². The summed E-state index contributed by atoms with van der Waals surface area (Å²) in [5.74, 6) is 0.622. The summed E-state index contributed by atoms with van der Waals surface area (Å²) < 4.78 is 0. The van der Waals surface area contributed by atoms with Gasteiger partial charge in [0.25, 0.3) is 0 Å². The molecular formula is C14H21NO2. The lowest BCUT2D eigenvalue weighted by Gasteiger charge is -2.09. The lowest BCUT2D eigenvalue weighted by Crippen LogP contribution is -2.23. The minimum atomic E-state index is 0.0119. The maximum atomic E-state index is 11.5. The van der Waals surface area contributed by atoms with E-state index in [-0.39, 0.29) is 12.5 Å². The lowest BCUT2D eigenvalue weighted by molar-refractivity contribution is -0.121. The Kier molecular flexibility index (Phi) is 5.70. The van der Waals surface area contributed by atoms with Gasteiger partial charge in [0.05, 0.1) is 6.61 Å². The van der Waals surface area contributed by atoms with Gasteiger partial charge in [-0.2, -0.15) is 0 Å². The van der Waals surface area contributed by atoms with Crippen LogP contribution in [0.1, 0.15) is 37.8 Å². The van der Waals surface area contributed by atoms with Crippen LogP contribution in [0.25, 0.3) is 0 Å². The highest BCUT2D eigenvalue weighted by Crippen LogP contribution is 2.08. The molecule has 0 radical (unpaired) electrons. The summed E-state index contributed by atoms with van der Waals surface area (Å²) in [6.45, 7) is 4.72. The van der Waals surface area contributed by atoms with Gasteiger partial charge >= 0.3 is 0 Å². The Morgan fingerprint density at radius 1 is 1.29 bits per heavy atom. The first kappa shape index (κ1) is 13.7. The van der Waals surface area contributed by atoms with Crippen molar-refractivity contribution < 1.29 is 9.90 Å². The topological polar surface area (TPSA) is 49.3 Å². The number of amides is 1. The predicted octanol–water partition coefficient (Wildman–Crippen LogP) is 2.23. The molecule has 1 aromatic rings. The first-order chi connectivity index (χ1) is 8.13. The molecule has 1 aromatic carbocycles. The molecular weight excluding hydrogens is 214 g/mol. The maximum Gasteiger partial charge on any atom is 0.220 e. The largest absolute Gasteiger partial charge is 0.392 e. The predicted molar refractivity (Wildman–Crippen MR) is 68.3 cm³/mol. The number of hydrogen-bond acceptors (Lipinski definition) is 2. The van der Waals surface area contributed by atoms with E-state index in [0.29, 0.717) is 18.9 Å². The molecule has 0 atom stereocenters. The summed E-state index contributed by atoms with van der Waals surface area (Å²) in [6, 6.07) is 7.59. The summed E-state index contributed by atoms with van der Waals surface area (Å²) in [4.78, 5) is 11.5. The Morgan fingerprint density at radius 3 is 2.53 bits per heavy atom. The highest BCUT2D eigenvalue weighted by Gasteiger charge is 2.05. The molecule has 0 aromatic heterocycles. The molecule has 0 aliphatic carbocycles. The van der Waals surface area contributed by atoms with Gasteiger partial charge < -0.3 is 10.4 Å². The van der Waals surface area contributed by atoms with Gasteiger partial charge in [-0.1, -0.05) is 38.1 Å². The average molecular weight is 235 g/mol. The number of hydrogen-bond donors (Lipinski definition) is 2. The van der Waals surface area contributed by atoms with Crippen molar-refractivity contribution in [1.29, 1.82) is 0 Å². The average Bonchev–Trinajstić information content (AvgIpc) is 2.34. The van der Waals surface area contributed by atoms with Gasteiger partial charge in [-0.05, 0) is 23.5 Å². The minimum Gasteiger partial charge on any atom is -0.392 e. The molecule has 1 amide bonds. The van der Waals surface area contributed by atoms with Crippen molar-refractivity contribution in [3.05, 3.63) is 35.4 Å². The molecule has 0 spiro atoms. The molecule has 17 heavy (non-hydrogen) atoms. The second-order valence-corrected chi connectivity index (χ2v) is 4.64. The Morgan fingerprint density at radius 2 is 1.94 bits per heavy atom. The fourth-order valence-electron chi connectivity index (χ4n) is 1.59. The molecule has 2 N–H and O–H groups in total. The van der Waals surface area contributed by atoms with E-state index in [1.165, 1.54) is 0 Å². The molecule has 0 aliphatic rings. The number of aliphatic hydroxyl groups excluding tert-OH is 1. The normalized spacial score (nSPS) is 10.6. The summed E-state index contributed by atoms with van der Waals surface area (Å²) in [5.41, 5.74) is 1.85. The van der Waals surface area contributed by atoms with Crippen molar-refractivity contribution in [3.8, 4) is 0 Å². The van der Waals surface area contributed by atoms with Gasteiger partial charge in [0.15, 0.2) is 0 Å². The number of rotatable bonds is 6. The van der Waals surface area contributed by atoms with Crippen LogP contribution in [0, 0.1) is 5.92 Å². The zero-order chi connectivity index (χ0) is 12.7. The van der Waals surface area contributed by atoms with Crippen molar-refractivity contribution in [1.82, 2.24) is 5.32 Å². The molecule has 0 saturated carbocycles. The molecule has 0 fully saturated rings. The van der Waals surface area contributed by atoms with Gasteiger partial charge in [-0.15, -0.1) is 0 Å².